The second kappa shape index (κ2) is 7.03. The maximum atomic E-state index is 11.9. The Morgan fingerprint density at radius 2 is 2.10 bits per heavy atom. The van der Waals surface area contributed by atoms with Gasteiger partial charge >= 0.3 is 0 Å². The summed E-state index contributed by atoms with van der Waals surface area (Å²) in [7, 11) is 0. The summed E-state index contributed by atoms with van der Waals surface area (Å²) in [6.07, 6.45) is 3.50. The fraction of sp³-hybridized carbons (Fsp3) is 0.200. The van der Waals surface area contributed by atoms with E-state index in [0.29, 0.717) is 10.7 Å². The van der Waals surface area contributed by atoms with Gasteiger partial charge in [-0.2, -0.15) is 0 Å². The summed E-state index contributed by atoms with van der Waals surface area (Å²) >= 11 is 5.98. The molecule has 0 radical (unpaired) electrons. The maximum Gasteiger partial charge on any atom is 0.238 e. The fourth-order valence-electron chi connectivity index (χ4n) is 1.75. The van der Waals surface area contributed by atoms with Crippen LogP contribution in [0.15, 0.2) is 48.8 Å². The molecular formula is C15H16ClN3O. The molecular weight excluding hydrogens is 274 g/mol. The van der Waals surface area contributed by atoms with Crippen LogP contribution in [-0.4, -0.2) is 17.4 Å². The number of amides is 1. The van der Waals surface area contributed by atoms with Gasteiger partial charge in [0.05, 0.1) is 17.3 Å². The molecule has 1 aromatic carbocycles. The van der Waals surface area contributed by atoms with E-state index in [2.05, 4.69) is 15.6 Å². The molecule has 0 saturated carbocycles. The van der Waals surface area contributed by atoms with Gasteiger partial charge in [0.1, 0.15) is 0 Å². The minimum atomic E-state index is -0.131. The molecule has 2 N–H and O–H groups in total. The first-order valence-electron chi connectivity index (χ1n) is 6.34. The van der Waals surface area contributed by atoms with E-state index in [0.717, 1.165) is 5.56 Å². The first kappa shape index (κ1) is 14.5. The first-order chi connectivity index (χ1) is 9.66. The Labute approximate surface area is 123 Å². The quantitative estimate of drug-likeness (QED) is 0.889. The highest BCUT2D eigenvalue weighted by molar-refractivity contribution is 6.33. The zero-order chi connectivity index (χ0) is 14.4. The van der Waals surface area contributed by atoms with Crippen molar-refractivity contribution in [2.75, 3.05) is 11.9 Å². The van der Waals surface area contributed by atoms with Crippen LogP contribution in [-0.2, 0) is 4.79 Å². The molecule has 4 nitrogen and oxygen atoms in total. The van der Waals surface area contributed by atoms with E-state index in [1.54, 1.807) is 24.5 Å². The van der Waals surface area contributed by atoms with Crippen molar-refractivity contribution in [1.82, 2.24) is 10.3 Å². The van der Waals surface area contributed by atoms with Gasteiger partial charge < -0.3 is 10.6 Å². The van der Waals surface area contributed by atoms with E-state index < -0.39 is 0 Å². The smallest absolute Gasteiger partial charge is 0.238 e. The van der Waals surface area contributed by atoms with Crippen molar-refractivity contribution in [2.24, 2.45) is 0 Å². The number of aromatic nitrogens is 1. The highest BCUT2D eigenvalue weighted by atomic mass is 35.5. The van der Waals surface area contributed by atoms with Gasteiger partial charge in [-0.15, -0.1) is 0 Å². The second-order valence-electron chi connectivity index (χ2n) is 4.42. The lowest BCUT2D eigenvalue weighted by atomic mass is 10.1. The molecule has 1 heterocycles. The summed E-state index contributed by atoms with van der Waals surface area (Å²) in [5, 5.41) is 6.44. The highest BCUT2D eigenvalue weighted by Gasteiger charge is 2.09. The molecule has 2 aromatic rings. The minimum Gasteiger partial charge on any atom is -0.324 e. The lowest BCUT2D eigenvalue weighted by Gasteiger charge is -2.14. The molecule has 20 heavy (non-hydrogen) atoms. The Morgan fingerprint density at radius 1 is 1.30 bits per heavy atom. The molecule has 1 aromatic heterocycles. The third kappa shape index (κ3) is 4.05. The minimum absolute atomic E-state index is 0.0562. The van der Waals surface area contributed by atoms with Gasteiger partial charge in [0.2, 0.25) is 5.91 Å². The van der Waals surface area contributed by atoms with E-state index in [1.165, 1.54) is 0 Å². The number of anilines is 1. The number of hydrogen-bond acceptors (Lipinski definition) is 3. The second-order valence-corrected chi connectivity index (χ2v) is 4.82. The van der Waals surface area contributed by atoms with Gasteiger partial charge in [0, 0.05) is 18.4 Å². The fourth-order valence-corrected chi connectivity index (χ4v) is 1.94. The van der Waals surface area contributed by atoms with E-state index >= 15 is 0 Å². The average Bonchev–Trinajstić information content (AvgIpc) is 2.48. The van der Waals surface area contributed by atoms with E-state index in [9.17, 15) is 4.79 Å². The van der Waals surface area contributed by atoms with Gasteiger partial charge in [-0.3, -0.25) is 9.78 Å². The van der Waals surface area contributed by atoms with Gasteiger partial charge in [-0.25, -0.2) is 0 Å². The highest BCUT2D eigenvalue weighted by Crippen LogP contribution is 2.20. The summed E-state index contributed by atoms with van der Waals surface area (Å²) in [6, 6.07) is 11.1. The number of pyridine rings is 1. The normalized spacial score (nSPS) is 11.9. The largest absolute Gasteiger partial charge is 0.324 e. The molecule has 0 bridgehead atoms. The van der Waals surface area contributed by atoms with Crippen LogP contribution in [0.5, 0.6) is 0 Å². The number of rotatable bonds is 5. The number of halogens is 1. The third-order valence-corrected chi connectivity index (χ3v) is 3.23. The summed E-state index contributed by atoms with van der Waals surface area (Å²) < 4.78 is 0. The molecule has 0 aliphatic carbocycles. The first-order valence-corrected chi connectivity index (χ1v) is 6.72. The van der Waals surface area contributed by atoms with Crippen molar-refractivity contribution in [3.8, 4) is 0 Å². The third-order valence-electron chi connectivity index (χ3n) is 2.90. The zero-order valence-corrected chi connectivity index (χ0v) is 11.9. The van der Waals surface area contributed by atoms with Crippen molar-refractivity contribution in [1.29, 1.82) is 0 Å². The summed E-state index contributed by atoms with van der Waals surface area (Å²) in [4.78, 5) is 15.9. The maximum absolute atomic E-state index is 11.9. The molecule has 104 valence electrons. The SMILES string of the molecule is CC(NCC(=O)Nc1ccccc1Cl)c1cccnc1. The van der Waals surface area contributed by atoms with Crippen molar-refractivity contribution >= 4 is 23.2 Å². The molecule has 0 spiro atoms. The topological polar surface area (TPSA) is 54.0 Å². The van der Waals surface area contributed by atoms with Gasteiger partial charge in [-0.1, -0.05) is 29.8 Å². The lowest BCUT2D eigenvalue weighted by molar-refractivity contribution is -0.115. The molecule has 1 unspecified atom stereocenters. The molecule has 1 atom stereocenters. The Hall–Kier alpha value is -1.91. The Kier molecular flexibility index (Phi) is 5.09. The number of carbonyl (C=O) groups is 1. The van der Waals surface area contributed by atoms with Crippen LogP contribution in [0, 0.1) is 0 Å². The number of nitrogens with zero attached hydrogens (tertiary/aromatic N) is 1. The number of carbonyl (C=O) groups excluding carboxylic acids is 1. The summed E-state index contributed by atoms with van der Waals surface area (Å²) in [6.45, 7) is 2.20. The van der Waals surface area contributed by atoms with E-state index in [-0.39, 0.29) is 18.5 Å². The molecule has 5 heteroatoms. The van der Waals surface area contributed by atoms with Crippen molar-refractivity contribution in [3.63, 3.8) is 0 Å². The Morgan fingerprint density at radius 3 is 2.80 bits per heavy atom. The van der Waals surface area contributed by atoms with Crippen LogP contribution in [0.1, 0.15) is 18.5 Å². The van der Waals surface area contributed by atoms with Crippen LogP contribution in [0.25, 0.3) is 0 Å². The van der Waals surface area contributed by atoms with E-state index in [1.807, 2.05) is 31.2 Å². The predicted octanol–water partition coefficient (Wildman–Crippen LogP) is 3.02. The molecule has 0 aliphatic rings. The molecule has 0 fully saturated rings. The molecule has 1 amide bonds. The standard InChI is InChI=1S/C15H16ClN3O/c1-11(12-5-4-8-17-9-12)18-10-15(20)19-14-7-3-2-6-13(14)16/h2-9,11,18H,10H2,1H3,(H,19,20). The summed E-state index contributed by atoms with van der Waals surface area (Å²) in [5.41, 5.74) is 1.66. The van der Waals surface area contributed by atoms with Crippen LogP contribution in [0.2, 0.25) is 5.02 Å². The summed E-state index contributed by atoms with van der Waals surface area (Å²) in [5.74, 6) is -0.131. The number of hydrogen-bond donors (Lipinski definition) is 2. The van der Waals surface area contributed by atoms with E-state index in [4.69, 9.17) is 11.6 Å². The van der Waals surface area contributed by atoms with Gasteiger partial charge in [-0.05, 0) is 30.7 Å². The monoisotopic (exact) mass is 289 g/mol. The van der Waals surface area contributed by atoms with Crippen LogP contribution >= 0.6 is 11.6 Å². The van der Waals surface area contributed by atoms with Crippen LogP contribution in [0.4, 0.5) is 5.69 Å². The lowest BCUT2D eigenvalue weighted by Crippen LogP contribution is -2.30. The Balaban J connectivity index is 1.85. The number of para-hydroxylation sites is 1. The van der Waals surface area contributed by atoms with Crippen LogP contribution in [0.3, 0.4) is 0 Å². The molecule has 2 rings (SSSR count). The molecule has 0 aliphatic heterocycles. The van der Waals surface area contributed by atoms with Gasteiger partial charge in [0.25, 0.3) is 0 Å². The molecule has 0 saturated heterocycles. The van der Waals surface area contributed by atoms with Gasteiger partial charge in [0.15, 0.2) is 0 Å². The predicted molar refractivity (Wildman–Crippen MR) is 80.7 cm³/mol. The number of benzene rings is 1. The van der Waals surface area contributed by atoms with Crippen molar-refractivity contribution < 1.29 is 4.79 Å². The van der Waals surface area contributed by atoms with Crippen LogP contribution < -0.4 is 10.6 Å². The number of nitrogens with one attached hydrogen (secondary N) is 2. The average molecular weight is 290 g/mol. The zero-order valence-electron chi connectivity index (χ0n) is 11.1. The Bertz CT molecular complexity index is 574. The van der Waals surface area contributed by atoms with Crippen molar-refractivity contribution in [3.05, 3.63) is 59.4 Å². The van der Waals surface area contributed by atoms with Crippen molar-refractivity contribution in [2.45, 2.75) is 13.0 Å².